The van der Waals surface area contributed by atoms with Gasteiger partial charge < -0.3 is 10.5 Å². The first-order chi connectivity index (χ1) is 9.04. The van der Waals surface area contributed by atoms with Gasteiger partial charge in [0.25, 0.3) is 0 Å². The van der Waals surface area contributed by atoms with E-state index in [9.17, 15) is 4.79 Å². The fraction of sp³-hybridized carbons (Fsp3) is 0.533. The molecule has 0 amide bonds. The van der Waals surface area contributed by atoms with Crippen LogP contribution in [-0.2, 0) is 9.53 Å². The molecule has 1 aliphatic carbocycles. The highest BCUT2D eigenvalue weighted by molar-refractivity contribution is 7.99. The second-order valence-electron chi connectivity index (χ2n) is 5.40. The highest BCUT2D eigenvalue weighted by atomic mass is 32.2. The number of rotatable bonds is 6. The van der Waals surface area contributed by atoms with Gasteiger partial charge in [-0.25, -0.2) is 0 Å². The van der Waals surface area contributed by atoms with E-state index in [4.69, 9.17) is 10.5 Å². The van der Waals surface area contributed by atoms with Gasteiger partial charge in [0.1, 0.15) is 0 Å². The molecule has 0 heterocycles. The van der Waals surface area contributed by atoms with Crippen molar-refractivity contribution in [1.82, 2.24) is 0 Å². The van der Waals surface area contributed by atoms with Gasteiger partial charge in [-0.3, -0.25) is 4.79 Å². The second kappa shape index (κ2) is 5.97. The largest absolute Gasteiger partial charge is 0.469 e. The number of benzene rings is 1. The van der Waals surface area contributed by atoms with E-state index in [1.165, 1.54) is 12.0 Å². The van der Waals surface area contributed by atoms with Crippen LogP contribution in [0.15, 0.2) is 29.2 Å². The van der Waals surface area contributed by atoms with E-state index in [1.54, 1.807) is 0 Å². The van der Waals surface area contributed by atoms with Crippen molar-refractivity contribution in [3.8, 4) is 0 Å². The fourth-order valence-corrected chi connectivity index (χ4v) is 3.22. The molecule has 4 heteroatoms. The van der Waals surface area contributed by atoms with Crippen molar-refractivity contribution in [2.75, 3.05) is 12.9 Å². The van der Waals surface area contributed by atoms with Crippen LogP contribution in [0.2, 0.25) is 0 Å². The number of methoxy groups -OCH3 is 1. The molecule has 0 saturated heterocycles. The summed E-state index contributed by atoms with van der Waals surface area (Å²) in [7, 11) is 1.46. The van der Waals surface area contributed by atoms with Gasteiger partial charge in [-0.1, -0.05) is 12.1 Å². The van der Waals surface area contributed by atoms with Crippen molar-refractivity contribution in [3.05, 3.63) is 29.8 Å². The lowest BCUT2D eigenvalue weighted by Gasteiger charge is -2.13. The minimum Gasteiger partial charge on any atom is -0.469 e. The summed E-state index contributed by atoms with van der Waals surface area (Å²) in [6.07, 6.45) is 2.81. The normalized spacial score (nSPS) is 17.8. The summed E-state index contributed by atoms with van der Waals surface area (Å²) in [4.78, 5) is 12.6. The number of ether oxygens (including phenoxy) is 1. The summed E-state index contributed by atoms with van der Waals surface area (Å²) >= 11 is 1.81. The summed E-state index contributed by atoms with van der Waals surface area (Å²) < 4.78 is 4.76. The zero-order valence-corrected chi connectivity index (χ0v) is 12.3. The van der Waals surface area contributed by atoms with Crippen LogP contribution in [0.5, 0.6) is 0 Å². The van der Waals surface area contributed by atoms with Crippen LogP contribution in [0.4, 0.5) is 0 Å². The second-order valence-corrected chi connectivity index (χ2v) is 6.45. The summed E-state index contributed by atoms with van der Waals surface area (Å²) in [5.74, 6) is 0.894. The van der Waals surface area contributed by atoms with Gasteiger partial charge in [0.05, 0.1) is 13.5 Å². The Morgan fingerprint density at radius 2 is 2.05 bits per heavy atom. The summed E-state index contributed by atoms with van der Waals surface area (Å²) in [5.41, 5.74) is 7.16. The molecule has 1 aliphatic rings. The molecule has 19 heavy (non-hydrogen) atoms. The summed E-state index contributed by atoms with van der Waals surface area (Å²) in [6, 6.07) is 8.45. The molecule has 1 aromatic carbocycles. The fourth-order valence-electron chi connectivity index (χ4n) is 2.03. The molecule has 1 saturated carbocycles. The van der Waals surface area contributed by atoms with Gasteiger partial charge in [0.2, 0.25) is 0 Å². The first-order valence-electron chi connectivity index (χ1n) is 6.60. The standard InChI is InChI=1S/C15H21NO2S/c1-11(16)12-3-5-13(6-4-12)19-10-15(7-8-15)9-14(17)18-2/h3-6,11H,7-10,16H2,1-2H3/t11-/m0/s1. The minimum atomic E-state index is -0.0922. The van der Waals surface area contributed by atoms with Gasteiger partial charge >= 0.3 is 5.97 Å². The van der Waals surface area contributed by atoms with Crippen LogP contribution in [0.1, 0.15) is 37.8 Å². The lowest BCUT2D eigenvalue weighted by Crippen LogP contribution is -2.13. The van der Waals surface area contributed by atoms with E-state index in [1.807, 2.05) is 18.7 Å². The number of hydrogen-bond donors (Lipinski definition) is 1. The molecule has 3 nitrogen and oxygen atoms in total. The molecule has 0 radical (unpaired) electrons. The SMILES string of the molecule is COC(=O)CC1(CSc2ccc([C@H](C)N)cc2)CC1. The van der Waals surface area contributed by atoms with Crippen LogP contribution >= 0.6 is 11.8 Å². The first kappa shape index (κ1) is 14.4. The molecule has 0 aliphatic heterocycles. The molecular weight excluding hydrogens is 258 g/mol. The van der Waals surface area contributed by atoms with Crippen molar-refractivity contribution >= 4 is 17.7 Å². The lowest BCUT2D eigenvalue weighted by molar-refractivity contribution is -0.141. The van der Waals surface area contributed by atoms with E-state index in [0.29, 0.717) is 6.42 Å². The lowest BCUT2D eigenvalue weighted by atomic mass is 10.1. The van der Waals surface area contributed by atoms with E-state index in [0.717, 1.165) is 24.2 Å². The highest BCUT2D eigenvalue weighted by Crippen LogP contribution is 2.52. The summed E-state index contributed by atoms with van der Waals surface area (Å²) in [6.45, 7) is 1.98. The van der Waals surface area contributed by atoms with E-state index >= 15 is 0 Å². The van der Waals surface area contributed by atoms with Gasteiger partial charge in [-0.15, -0.1) is 11.8 Å². The highest BCUT2D eigenvalue weighted by Gasteiger charge is 2.44. The number of carbonyl (C=O) groups is 1. The smallest absolute Gasteiger partial charge is 0.306 e. The predicted molar refractivity (Wildman–Crippen MR) is 78.1 cm³/mol. The Morgan fingerprint density at radius 1 is 1.42 bits per heavy atom. The number of carbonyl (C=O) groups excluding carboxylic acids is 1. The average molecular weight is 279 g/mol. The molecule has 2 N–H and O–H groups in total. The molecule has 2 rings (SSSR count). The molecule has 1 aromatic rings. The number of esters is 1. The van der Waals surface area contributed by atoms with Gasteiger partial charge in [-0.2, -0.15) is 0 Å². The van der Waals surface area contributed by atoms with Crippen LogP contribution in [0.25, 0.3) is 0 Å². The Labute approximate surface area is 118 Å². The molecule has 0 spiro atoms. The monoisotopic (exact) mass is 279 g/mol. The Hall–Kier alpha value is -1.00. The molecule has 104 valence electrons. The van der Waals surface area contributed by atoms with E-state index < -0.39 is 0 Å². The average Bonchev–Trinajstić information content (AvgIpc) is 3.17. The predicted octanol–water partition coefficient (Wildman–Crippen LogP) is 3.14. The molecule has 1 fully saturated rings. The van der Waals surface area contributed by atoms with Crippen molar-refractivity contribution in [3.63, 3.8) is 0 Å². The first-order valence-corrected chi connectivity index (χ1v) is 7.58. The number of nitrogens with two attached hydrogens (primary N) is 1. The third kappa shape index (κ3) is 3.98. The quantitative estimate of drug-likeness (QED) is 0.642. The Bertz CT molecular complexity index is 438. The third-order valence-corrected chi connectivity index (χ3v) is 5.02. The maximum Gasteiger partial charge on any atom is 0.306 e. The number of hydrogen-bond acceptors (Lipinski definition) is 4. The van der Waals surface area contributed by atoms with Crippen molar-refractivity contribution in [2.24, 2.45) is 11.1 Å². The maximum absolute atomic E-state index is 11.4. The Kier molecular flexibility index (Phi) is 4.53. The zero-order valence-electron chi connectivity index (χ0n) is 11.5. The Balaban J connectivity index is 1.87. The van der Waals surface area contributed by atoms with Crippen molar-refractivity contribution in [2.45, 2.75) is 37.1 Å². The topological polar surface area (TPSA) is 52.3 Å². The Morgan fingerprint density at radius 3 is 2.53 bits per heavy atom. The molecule has 0 unspecified atom stereocenters. The van der Waals surface area contributed by atoms with E-state index in [-0.39, 0.29) is 17.4 Å². The van der Waals surface area contributed by atoms with Crippen molar-refractivity contribution < 1.29 is 9.53 Å². The number of thioether (sulfide) groups is 1. The molecule has 1 atom stereocenters. The molecule has 0 aromatic heterocycles. The zero-order chi connectivity index (χ0) is 13.9. The van der Waals surface area contributed by atoms with Gasteiger partial charge in [-0.05, 0) is 42.9 Å². The van der Waals surface area contributed by atoms with Gasteiger partial charge in [0, 0.05) is 16.7 Å². The maximum atomic E-state index is 11.4. The van der Waals surface area contributed by atoms with Crippen LogP contribution < -0.4 is 5.73 Å². The van der Waals surface area contributed by atoms with Gasteiger partial charge in [0.15, 0.2) is 0 Å². The molecular formula is C15H21NO2S. The van der Waals surface area contributed by atoms with E-state index in [2.05, 4.69) is 24.3 Å². The van der Waals surface area contributed by atoms with Crippen LogP contribution in [0, 0.1) is 5.41 Å². The minimum absolute atomic E-state index is 0.0770. The van der Waals surface area contributed by atoms with Crippen LogP contribution in [0.3, 0.4) is 0 Å². The third-order valence-electron chi connectivity index (χ3n) is 3.66. The van der Waals surface area contributed by atoms with Crippen molar-refractivity contribution in [1.29, 1.82) is 0 Å². The summed E-state index contributed by atoms with van der Waals surface area (Å²) in [5, 5.41) is 0. The van der Waals surface area contributed by atoms with Crippen LogP contribution in [-0.4, -0.2) is 18.8 Å². The molecule has 0 bridgehead atoms.